The molecule has 0 radical (unpaired) electrons. The number of hydrogen-bond acceptors (Lipinski definition) is 3. The predicted molar refractivity (Wildman–Crippen MR) is 64.4 cm³/mol. The molecule has 2 N–H and O–H groups in total. The van der Waals surface area contributed by atoms with Gasteiger partial charge in [0.1, 0.15) is 0 Å². The molecule has 4 nitrogen and oxygen atoms in total. The SMILES string of the molecule is CCNC(C)(C)C(=O)NC1(C)CCOCC1. The normalized spacial score (nSPS) is 20.5. The molecule has 0 spiro atoms. The van der Waals surface area contributed by atoms with Crippen molar-refractivity contribution in [3.63, 3.8) is 0 Å². The van der Waals surface area contributed by atoms with E-state index in [1.165, 1.54) is 0 Å². The zero-order valence-corrected chi connectivity index (χ0v) is 10.9. The monoisotopic (exact) mass is 228 g/mol. The highest BCUT2D eigenvalue weighted by Gasteiger charge is 2.34. The standard InChI is InChI=1S/C12H24N2O2/c1-5-13-11(2,3)10(15)14-12(4)6-8-16-9-7-12/h13H,5-9H2,1-4H3,(H,14,15). The Kier molecular flexibility index (Phi) is 4.33. The zero-order valence-electron chi connectivity index (χ0n) is 10.9. The van der Waals surface area contributed by atoms with Crippen molar-refractivity contribution >= 4 is 5.91 Å². The van der Waals surface area contributed by atoms with Gasteiger partial charge in [-0.15, -0.1) is 0 Å². The summed E-state index contributed by atoms with van der Waals surface area (Å²) in [4.78, 5) is 12.1. The van der Waals surface area contributed by atoms with E-state index in [0.717, 1.165) is 32.6 Å². The Hall–Kier alpha value is -0.610. The highest BCUT2D eigenvalue weighted by atomic mass is 16.5. The fourth-order valence-electron chi connectivity index (χ4n) is 1.90. The highest BCUT2D eigenvalue weighted by Crippen LogP contribution is 2.20. The number of hydrogen-bond donors (Lipinski definition) is 2. The first-order valence-corrected chi connectivity index (χ1v) is 6.05. The number of likely N-dealkylation sites (N-methyl/N-ethyl adjacent to an activating group) is 1. The molecule has 1 fully saturated rings. The van der Waals surface area contributed by atoms with Crippen molar-refractivity contribution in [3.8, 4) is 0 Å². The molecule has 1 saturated heterocycles. The van der Waals surface area contributed by atoms with Gasteiger partial charge in [-0.3, -0.25) is 4.79 Å². The van der Waals surface area contributed by atoms with Gasteiger partial charge in [-0.1, -0.05) is 6.92 Å². The van der Waals surface area contributed by atoms with E-state index < -0.39 is 5.54 Å². The van der Waals surface area contributed by atoms with E-state index in [9.17, 15) is 4.79 Å². The lowest BCUT2D eigenvalue weighted by atomic mass is 9.91. The summed E-state index contributed by atoms with van der Waals surface area (Å²) in [5, 5.41) is 6.32. The summed E-state index contributed by atoms with van der Waals surface area (Å²) in [6.45, 7) is 10.2. The number of amides is 1. The third-order valence-electron chi connectivity index (χ3n) is 3.20. The lowest BCUT2D eigenvalue weighted by molar-refractivity contribution is -0.129. The Morgan fingerprint density at radius 3 is 2.44 bits per heavy atom. The van der Waals surface area contributed by atoms with Crippen LogP contribution < -0.4 is 10.6 Å². The maximum atomic E-state index is 12.1. The lowest BCUT2D eigenvalue weighted by Crippen LogP contribution is -2.59. The Labute approximate surface area is 98.1 Å². The van der Waals surface area contributed by atoms with E-state index >= 15 is 0 Å². The van der Waals surface area contributed by atoms with Crippen molar-refractivity contribution in [1.29, 1.82) is 0 Å². The summed E-state index contributed by atoms with van der Waals surface area (Å²) in [5.74, 6) is 0.0683. The van der Waals surface area contributed by atoms with Gasteiger partial charge in [-0.2, -0.15) is 0 Å². The van der Waals surface area contributed by atoms with Crippen LogP contribution in [0.2, 0.25) is 0 Å². The predicted octanol–water partition coefficient (Wildman–Crippen LogP) is 1.06. The summed E-state index contributed by atoms with van der Waals surface area (Å²) in [7, 11) is 0. The lowest BCUT2D eigenvalue weighted by Gasteiger charge is -2.37. The number of carbonyl (C=O) groups is 1. The van der Waals surface area contributed by atoms with Gasteiger partial charge >= 0.3 is 0 Å². The quantitative estimate of drug-likeness (QED) is 0.756. The van der Waals surface area contributed by atoms with Crippen LogP contribution in [0.5, 0.6) is 0 Å². The molecule has 0 bridgehead atoms. The van der Waals surface area contributed by atoms with Crippen molar-refractivity contribution in [2.24, 2.45) is 0 Å². The van der Waals surface area contributed by atoms with Crippen LogP contribution in [0.4, 0.5) is 0 Å². The average molecular weight is 228 g/mol. The molecular formula is C12H24N2O2. The third-order valence-corrected chi connectivity index (χ3v) is 3.20. The van der Waals surface area contributed by atoms with Crippen molar-refractivity contribution in [1.82, 2.24) is 10.6 Å². The van der Waals surface area contributed by atoms with Gasteiger partial charge in [0.25, 0.3) is 0 Å². The smallest absolute Gasteiger partial charge is 0.240 e. The molecule has 1 heterocycles. The summed E-state index contributed by atoms with van der Waals surface area (Å²) in [5.41, 5.74) is -0.613. The first-order valence-electron chi connectivity index (χ1n) is 6.05. The Morgan fingerprint density at radius 2 is 1.94 bits per heavy atom. The molecule has 0 aromatic rings. The topological polar surface area (TPSA) is 50.4 Å². The van der Waals surface area contributed by atoms with Gasteiger partial charge in [-0.25, -0.2) is 0 Å². The highest BCUT2D eigenvalue weighted by molar-refractivity contribution is 5.86. The van der Waals surface area contributed by atoms with Crippen molar-refractivity contribution < 1.29 is 9.53 Å². The van der Waals surface area contributed by atoms with Crippen LogP contribution >= 0.6 is 0 Å². The summed E-state index contributed by atoms with van der Waals surface area (Å²) in [6, 6.07) is 0. The molecule has 1 aliphatic rings. The minimum Gasteiger partial charge on any atom is -0.381 e. The molecule has 4 heteroatoms. The summed E-state index contributed by atoms with van der Waals surface area (Å²) >= 11 is 0. The van der Waals surface area contributed by atoms with Gasteiger partial charge < -0.3 is 15.4 Å². The Morgan fingerprint density at radius 1 is 1.38 bits per heavy atom. The zero-order chi connectivity index (χ0) is 12.2. The van der Waals surface area contributed by atoms with Crippen molar-refractivity contribution in [2.45, 2.75) is 51.6 Å². The first kappa shape index (κ1) is 13.5. The molecule has 0 saturated carbocycles. The molecule has 16 heavy (non-hydrogen) atoms. The van der Waals surface area contributed by atoms with Crippen molar-refractivity contribution in [3.05, 3.63) is 0 Å². The number of carbonyl (C=O) groups excluding carboxylic acids is 1. The molecular weight excluding hydrogens is 204 g/mol. The fourth-order valence-corrected chi connectivity index (χ4v) is 1.90. The molecule has 0 aromatic heterocycles. The molecule has 0 aliphatic carbocycles. The molecule has 94 valence electrons. The van der Waals surface area contributed by atoms with Gasteiger partial charge in [0.2, 0.25) is 5.91 Å². The van der Waals surface area contributed by atoms with E-state index in [1.54, 1.807) is 0 Å². The molecule has 1 aliphatic heterocycles. The van der Waals surface area contributed by atoms with Gasteiger partial charge in [0.05, 0.1) is 5.54 Å². The van der Waals surface area contributed by atoms with Crippen LogP contribution in [0.3, 0.4) is 0 Å². The summed E-state index contributed by atoms with van der Waals surface area (Å²) in [6.07, 6.45) is 1.78. The van der Waals surface area contributed by atoms with E-state index in [4.69, 9.17) is 4.74 Å². The second-order valence-electron chi connectivity index (χ2n) is 5.28. The van der Waals surface area contributed by atoms with Crippen LogP contribution in [0.1, 0.15) is 40.5 Å². The molecule has 1 amide bonds. The number of nitrogens with one attached hydrogen (secondary N) is 2. The number of rotatable bonds is 4. The van der Waals surface area contributed by atoms with Crippen LogP contribution in [0.25, 0.3) is 0 Å². The Bertz CT molecular complexity index is 245. The Balaban J connectivity index is 2.55. The number of ether oxygens (including phenoxy) is 1. The van der Waals surface area contributed by atoms with Crippen molar-refractivity contribution in [2.75, 3.05) is 19.8 Å². The third kappa shape index (κ3) is 3.46. The minimum atomic E-state index is -0.504. The summed E-state index contributed by atoms with van der Waals surface area (Å²) < 4.78 is 5.31. The van der Waals surface area contributed by atoms with Gasteiger partial charge in [0, 0.05) is 18.8 Å². The molecule has 0 atom stereocenters. The van der Waals surface area contributed by atoms with E-state index in [1.807, 2.05) is 20.8 Å². The van der Waals surface area contributed by atoms with E-state index in [0.29, 0.717) is 0 Å². The van der Waals surface area contributed by atoms with Crippen LogP contribution in [0, 0.1) is 0 Å². The largest absolute Gasteiger partial charge is 0.381 e. The van der Waals surface area contributed by atoms with E-state index in [-0.39, 0.29) is 11.4 Å². The fraction of sp³-hybridized carbons (Fsp3) is 0.917. The van der Waals surface area contributed by atoms with E-state index in [2.05, 4.69) is 17.6 Å². The van der Waals surface area contributed by atoms with Crippen LogP contribution in [-0.4, -0.2) is 36.7 Å². The van der Waals surface area contributed by atoms with Crippen LogP contribution in [-0.2, 0) is 9.53 Å². The maximum absolute atomic E-state index is 12.1. The van der Waals surface area contributed by atoms with Gasteiger partial charge in [-0.05, 0) is 40.2 Å². The second kappa shape index (κ2) is 5.15. The maximum Gasteiger partial charge on any atom is 0.240 e. The van der Waals surface area contributed by atoms with Gasteiger partial charge in [0.15, 0.2) is 0 Å². The molecule has 0 unspecified atom stereocenters. The molecule has 1 rings (SSSR count). The first-order chi connectivity index (χ1) is 7.40. The second-order valence-corrected chi connectivity index (χ2v) is 5.28. The van der Waals surface area contributed by atoms with Crippen LogP contribution in [0.15, 0.2) is 0 Å². The average Bonchev–Trinajstić information content (AvgIpc) is 2.17. The minimum absolute atomic E-state index is 0.0683. The molecule has 0 aromatic carbocycles.